The number of aryl methyl sites for hydroxylation is 1. The van der Waals surface area contributed by atoms with Crippen LogP contribution in [0.2, 0.25) is 0 Å². The summed E-state index contributed by atoms with van der Waals surface area (Å²) in [6.45, 7) is 4.13. The summed E-state index contributed by atoms with van der Waals surface area (Å²) in [4.78, 5) is 22.3. The standard InChI is InChI=1S/C11H14N2O3/c1-3-16-11(15)5-4-6-13-10(14)7-9(2)8-12-13/h4-5,7-8H,3,6H2,1-2H3/b5-4+. The zero-order valence-corrected chi connectivity index (χ0v) is 9.34. The Balaban J connectivity index is 2.61. The Kier molecular flexibility index (Phi) is 4.44. The lowest BCUT2D eigenvalue weighted by Crippen LogP contribution is -2.21. The highest BCUT2D eigenvalue weighted by molar-refractivity contribution is 5.81. The van der Waals surface area contributed by atoms with E-state index in [1.165, 1.54) is 16.8 Å². The molecule has 0 saturated heterocycles. The lowest BCUT2D eigenvalue weighted by Gasteiger charge is -2.00. The van der Waals surface area contributed by atoms with Crippen LogP contribution in [0.15, 0.2) is 29.2 Å². The molecule has 0 aliphatic rings. The number of ether oxygens (including phenoxy) is 1. The fourth-order valence-electron chi connectivity index (χ4n) is 1.10. The van der Waals surface area contributed by atoms with E-state index in [1.54, 1.807) is 26.1 Å². The van der Waals surface area contributed by atoms with Gasteiger partial charge in [-0.1, -0.05) is 6.08 Å². The lowest BCUT2D eigenvalue weighted by atomic mass is 10.3. The minimum Gasteiger partial charge on any atom is -0.463 e. The van der Waals surface area contributed by atoms with E-state index in [4.69, 9.17) is 4.74 Å². The Morgan fingerprint density at radius 3 is 3.00 bits per heavy atom. The van der Waals surface area contributed by atoms with Crippen molar-refractivity contribution in [2.24, 2.45) is 0 Å². The summed E-state index contributed by atoms with van der Waals surface area (Å²) in [5, 5.41) is 3.92. The zero-order chi connectivity index (χ0) is 12.0. The fraction of sp³-hybridized carbons (Fsp3) is 0.364. The van der Waals surface area contributed by atoms with Gasteiger partial charge in [0.05, 0.1) is 19.3 Å². The average molecular weight is 222 g/mol. The van der Waals surface area contributed by atoms with Crippen LogP contribution in [0, 0.1) is 6.92 Å². The molecule has 0 radical (unpaired) electrons. The molecule has 5 nitrogen and oxygen atoms in total. The summed E-state index contributed by atoms with van der Waals surface area (Å²) in [7, 11) is 0. The first-order valence-corrected chi connectivity index (χ1v) is 5.00. The third-order valence-corrected chi connectivity index (χ3v) is 1.83. The second kappa shape index (κ2) is 5.85. The molecule has 0 fully saturated rings. The number of hydrogen-bond acceptors (Lipinski definition) is 4. The normalized spacial score (nSPS) is 10.6. The third kappa shape index (κ3) is 3.68. The summed E-state index contributed by atoms with van der Waals surface area (Å²) in [6, 6.07) is 1.49. The van der Waals surface area contributed by atoms with Crippen molar-refractivity contribution in [2.75, 3.05) is 6.61 Å². The van der Waals surface area contributed by atoms with E-state index in [-0.39, 0.29) is 12.1 Å². The first-order chi connectivity index (χ1) is 7.63. The Morgan fingerprint density at radius 1 is 1.62 bits per heavy atom. The van der Waals surface area contributed by atoms with Gasteiger partial charge in [0.25, 0.3) is 5.56 Å². The highest BCUT2D eigenvalue weighted by Crippen LogP contribution is 1.88. The van der Waals surface area contributed by atoms with Crippen molar-refractivity contribution in [2.45, 2.75) is 20.4 Å². The van der Waals surface area contributed by atoms with Crippen LogP contribution in [0.4, 0.5) is 0 Å². The minimum atomic E-state index is -0.414. The second-order valence-corrected chi connectivity index (χ2v) is 3.21. The highest BCUT2D eigenvalue weighted by atomic mass is 16.5. The maximum atomic E-state index is 11.4. The minimum absolute atomic E-state index is 0.187. The molecule has 0 amide bonds. The number of carbonyl (C=O) groups excluding carboxylic acids is 1. The molecule has 0 N–H and O–H groups in total. The Bertz CT molecular complexity index is 449. The van der Waals surface area contributed by atoms with Crippen LogP contribution in [0.1, 0.15) is 12.5 Å². The van der Waals surface area contributed by atoms with Crippen LogP contribution in [-0.2, 0) is 16.1 Å². The summed E-state index contributed by atoms with van der Waals surface area (Å²) in [6.07, 6.45) is 4.43. The first-order valence-electron chi connectivity index (χ1n) is 5.00. The largest absolute Gasteiger partial charge is 0.463 e. The summed E-state index contributed by atoms with van der Waals surface area (Å²) >= 11 is 0. The average Bonchev–Trinajstić information content (AvgIpc) is 2.22. The molecule has 1 aromatic heterocycles. The molecule has 0 aromatic carbocycles. The molecule has 86 valence electrons. The molecule has 1 aromatic rings. The van der Waals surface area contributed by atoms with Crippen LogP contribution in [0.25, 0.3) is 0 Å². The van der Waals surface area contributed by atoms with Crippen LogP contribution in [0.5, 0.6) is 0 Å². The van der Waals surface area contributed by atoms with Gasteiger partial charge in [-0.3, -0.25) is 4.79 Å². The highest BCUT2D eigenvalue weighted by Gasteiger charge is 1.96. The van der Waals surface area contributed by atoms with Gasteiger partial charge in [-0.05, 0) is 19.4 Å². The van der Waals surface area contributed by atoms with Crippen molar-refractivity contribution in [3.8, 4) is 0 Å². The maximum absolute atomic E-state index is 11.4. The number of carbonyl (C=O) groups is 1. The van der Waals surface area contributed by atoms with Crippen molar-refractivity contribution in [1.29, 1.82) is 0 Å². The van der Waals surface area contributed by atoms with Crippen molar-refractivity contribution in [3.63, 3.8) is 0 Å². The van der Waals surface area contributed by atoms with Crippen LogP contribution in [-0.4, -0.2) is 22.4 Å². The van der Waals surface area contributed by atoms with Gasteiger partial charge >= 0.3 is 5.97 Å². The molecule has 0 atom stereocenters. The number of esters is 1. The topological polar surface area (TPSA) is 61.2 Å². The van der Waals surface area contributed by atoms with Gasteiger partial charge in [0.1, 0.15) is 0 Å². The molecule has 16 heavy (non-hydrogen) atoms. The van der Waals surface area contributed by atoms with E-state index in [1.807, 2.05) is 0 Å². The maximum Gasteiger partial charge on any atom is 0.330 e. The number of hydrogen-bond donors (Lipinski definition) is 0. The fourth-order valence-corrected chi connectivity index (χ4v) is 1.10. The predicted octanol–water partition coefficient (Wildman–Crippen LogP) is 0.671. The van der Waals surface area contributed by atoms with Crippen molar-refractivity contribution in [3.05, 3.63) is 40.3 Å². The molecule has 0 spiro atoms. The van der Waals surface area contributed by atoms with Crippen molar-refractivity contribution >= 4 is 5.97 Å². The van der Waals surface area contributed by atoms with Gasteiger partial charge in [-0.15, -0.1) is 0 Å². The van der Waals surface area contributed by atoms with Crippen LogP contribution < -0.4 is 5.56 Å². The molecule has 0 bridgehead atoms. The summed E-state index contributed by atoms with van der Waals surface area (Å²) < 4.78 is 5.96. The van der Waals surface area contributed by atoms with E-state index in [0.29, 0.717) is 6.61 Å². The number of rotatable bonds is 4. The Hall–Kier alpha value is -1.91. The smallest absolute Gasteiger partial charge is 0.330 e. The molecular weight excluding hydrogens is 208 g/mol. The predicted molar refractivity (Wildman–Crippen MR) is 59.0 cm³/mol. The molecule has 0 aliphatic heterocycles. The Labute approximate surface area is 93.4 Å². The molecule has 0 aliphatic carbocycles. The van der Waals surface area contributed by atoms with Gasteiger partial charge in [-0.2, -0.15) is 5.10 Å². The second-order valence-electron chi connectivity index (χ2n) is 3.21. The van der Waals surface area contributed by atoms with Gasteiger partial charge < -0.3 is 4.74 Å². The summed E-state index contributed by atoms with van der Waals surface area (Å²) in [5.41, 5.74) is 0.629. The van der Waals surface area contributed by atoms with Crippen LogP contribution >= 0.6 is 0 Å². The third-order valence-electron chi connectivity index (χ3n) is 1.83. The van der Waals surface area contributed by atoms with Crippen molar-refractivity contribution in [1.82, 2.24) is 9.78 Å². The summed E-state index contributed by atoms with van der Waals surface area (Å²) in [5.74, 6) is -0.414. The number of allylic oxidation sites excluding steroid dienone is 1. The van der Waals surface area contributed by atoms with Gasteiger partial charge in [0.2, 0.25) is 0 Å². The van der Waals surface area contributed by atoms with E-state index >= 15 is 0 Å². The molecular formula is C11H14N2O3. The molecule has 1 rings (SSSR count). The number of aromatic nitrogens is 2. The SMILES string of the molecule is CCOC(=O)/C=C/Cn1ncc(C)cc1=O. The van der Waals surface area contributed by atoms with Gasteiger partial charge in [0.15, 0.2) is 0 Å². The Morgan fingerprint density at radius 2 is 2.38 bits per heavy atom. The van der Waals surface area contributed by atoms with E-state index in [2.05, 4.69) is 5.10 Å². The number of nitrogens with zero attached hydrogens (tertiary/aromatic N) is 2. The zero-order valence-electron chi connectivity index (χ0n) is 9.34. The lowest BCUT2D eigenvalue weighted by molar-refractivity contribution is -0.137. The van der Waals surface area contributed by atoms with E-state index < -0.39 is 5.97 Å². The monoisotopic (exact) mass is 222 g/mol. The first kappa shape index (κ1) is 12.2. The molecule has 5 heteroatoms. The van der Waals surface area contributed by atoms with E-state index in [9.17, 15) is 9.59 Å². The quantitative estimate of drug-likeness (QED) is 0.555. The molecule has 1 heterocycles. The van der Waals surface area contributed by atoms with Gasteiger partial charge in [-0.25, -0.2) is 9.48 Å². The van der Waals surface area contributed by atoms with Crippen molar-refractivity contribution < 1.29 is 9.53 Å². The van der Waals surface area contributed by atoms with Gasteiger partial charge in [0, 0.05) is 12.1 Å². The molecule has 0 saturated carbocycles. The van der Waals surface area contributed by atoms with Crippen LogP contribution in [0.3, 0.4) is 0 Å². The van der Waals surface area contributed by atoms with E-state index in [0.717, 1.165) is 5.56 Å². The molecule has 0 unspecified atom stereocenters.